The highest BCUT2D eigenvalue weighted by Gasteiger charge is 2.50. The highest BCUT2D eigenvalue weighted by molar-refractivity contribution is 5.70. The van der Waals surface area contributed by atoms with E-state index in [-0.39, 0.29) is 23.7 Å². The molecule has 22 heavy (non-hydrogen) atoms. The van der Waals surface area contributed by atoms with Gasteiger partial charge in [-0.3, -0.25) is 4.90 Å². The van der Waals surface area contributed by atoms with Crippen LogP contribution < -0.4 is 0 Å². The van der Waals surface area contributed by atoms with Crippen molar-refractivity contribution >= 4 is 6.09 Å². The van der Waals surface area contributed by atoms with E-state index in [1.54, 1.807) is 4.90 Å². The first-order chi connectivity index (χ1) is 10.1. The van der Waals surface area contributed by atoms with Crippen molar-refractivity contribution in [3.8, 4) is 0 Å². The number of nitrogens with zero attached hydrogens (tertiary/aromatic N) is 1. The Bertz CT molecular complexity index is 508. The van der Waals surface area contributed by atoms with Crippen LogP contribution in [0.2, 0.25) is 0 Å². The van der Waals surface area contributed by atoms with Gasteiger partial charge in [0.05, 0.1) is 12.1 Å². The number of rotatable bonds is 3. The van der Waals surface area contributed by atoms with Gasteiger partial charge in [0.15, 0.2) is 0 Å². The highest BCUT2D eigenvalue weighted by Crippen LogP contribution is 2.35. The molecule has 1 aliphatic rings. The summed E-state index contributed by atoms with van der Waals surface area (Å²) >= 11 is 0. The maximum absolute atomic E-state index is 12.6. The van der Waals surface area contributed by atoms with Gasteiger partial charge in [0.25, 0.3) is 0 Å². The molecule has 1 saturated heterocycles. The van der Waals surface area contributed by atoms with E-state index in [2.05, 4.69) is 19.1 Å². The average molecular weight is 305 g/mol. The molecular formula is C18H27NO3. The Kier molecular flexibility index (Phi) is 4.52. The van der Waals surface area contributed by atoms with Crippen molar-refractivity contribution in [3.05, 3.63) is 35.9 Å². The smallest absolute Gasteiger partial charge is 0.412 e. The molecule has 2 rings (SSSR count). The van der Waals surface area contributed by atoms with Crippen LogP contribution in [0.15, 0.2) is 30.3 Å². The minimum absolute atomic E-state index is 0.139. The first-order valence-electron chi connectivity index (χ1n) is 7.85. The lowest BCUT2D eigenvalue weighted by Crippen LogP contribution is -2.53. The summed E-state index contributed by atoms with van der Waals surface area (Å²) in [6.07, 6.45) is -0.523. The third-order valence-electron chi connectivity index (χ3n) is 4.42. The Hall–Kier alpha value is -1.55. The van der Waals surface area contributed by atoms with Crippen LogP contribution in [0.4, 0.5) is 4.79 Å². The Morgan fingerprint density at radius 2 is 1.77 bits per heavy atom. The summed E-state index contributed by atoms with van der Waals surface area (Å²) in [5, 5.41) is 0. The average Bonchev–Trinajstić information content (AvgIpc) is 2.67. The predicted octanol–water partition coefficient (Wildman–Crippen LogP) is 4.16. The maximum atomic E-state index is 12.6. The summed E-state index contributed by atoms with van der Waals surface area (Å²) < 4.78 is 11.5. The van der Waals surface area contributed by atoms with E-state index in [4.69, 9.17) is 9.47 Å². The Labute approximate surface area is 133 Å². The fourth-order valence-electron chi connectivity index (χ4n) is 3.02. The Balaban J connectivity index is 2.08. The monoisotopic (exact) mass is 305 g/mol. The molecule has 1 aliphatic heterocycles. The fraction of sp³-hybridized carbons (Fsp3) is 0.611. The fourth-order valence-corrected chi connectivity index (χ4v) is 3.02. The molecule has 1 aromatic carbocycles. The molecule has 1 aromatic rings. The minimum atomic E-state index is -0.643. The number of ether oxygens (including phenoxy) is 2. The molecule has 0 saturated carbocycles. The first kappa shape index (κ1) is 16.8. The number of hydrogen-bond acceptors (Lipinski definition) is 3. The molecule has 0 aromatic heterocycles. The zero-order valence-electron chi connectivity index (χ0n) is 14.4. The lowest BCUT2D eigenvalue weighted by atomic mass is 9.96. The van der Waals surface area contributed by atoms with Crippen LogP contribution in [-0.2, 0) is 9.47 Å². The van der Waals surface area contributed by atoms with Gasteiger partial charge in [-0.25, -0.2) is 4.79 Å². The lowest BCUT2D eigenvalue weighted by molar-refractivity contribution is -0.0585. The van der Waals surface area contributed by atoms with Gasteiger partial charge in [0, 0.05) is 5.92 Å². The second kappa shape index (κ2) is 5.92. The van der Waals surface area contributed by atoms with Crippen molar-refractivity contribution in [2.75, 3.05) is 6.61 Å². The first-order valence-corrected chi connectivity index (χ1v) is 7.85. The van der Waals surface area contributed by atoms with Gasteiger partial charge in [0.2, 0.25) is 0 Å². The van der Waals surface area contributed by atoms with E-state index >= 15 is 0 Å². The zero-order chi connectivity index (χ0) is 16.5. The molecule has 4 nitrogen and oxygen atoms in total. The summed E-state index contributed by atoms with van der Waals surface area (Å²) in [7, 11) is 0. The molecule has 0 radical (unpaired) electrons. The number of carbonyl (C=O) groups is 1. The molecule has 0 bridgehead atoms. The van der Waals surface area contributed by atoms with Crippen molar-refractivity contribution in [3.63, 3.8) is 0 Å². The van der Waals surface area contributed by atoms with Crippen LogP contribution in [0.5, 0.6) is 0 Å². The number of carbonyl (C=O) groups excluding carboxylic acids is 1. The third kappa shape index (κ3) is 3.27. The van der Waals surface area contributed by atoms with Gasteiger partial charge >= 0.3 is 6.09 Å². The van der Waals surface area contributed by atoms with Gasteiger partial charge in [0.1, 0.15) is 11.8 Å². The number of benzene rings is 1. The predicted molar refractivity (Wildman–Crippen MR) is 86.7 cm³/mol. The van der Waals surface area contributed by atoms with E-state index < -0.39 is 5.72 Å². The summed E-state index contributed by atoms with van der Waals surface area (Å²) in [4.78, 5) is 14.3. The van der Waals surface area contributed by atoms with Crippen molar-refractivity contribution in [2.24, 2.45) is 0 Å². The number of amides is 1. The lowest BCUT2D eigenvalue weighted by Gasteiger charge is -2.38. The summed E-state index contributed by atoms with van der Waals surface area (Å²) in [6.45, 7) is 12.3. The molecule has 2 atom stereocenters. The van der Waals surface area contributed by atoms with Crippen molar-refractivity contribution in [2.45, 2.75) is 64.8 Å². The van der Waals surface area contributed by atoms with Crippen LogP contribution in [0, 0.1) is 0 Å². The van der Waals surface area contributed by atoms with E-state index in [1.165, 1.54) is 5.56 Å². The summed E-state index contributed by atoms with van der Waals surface area (Å²) in [5.74, 6) is 0.139. The molecule has 1 fully saturated rings. The van der Waals surface area contributed by atoms with E-state index in [1.807, 2.05) is 52.8 Å². The van der Waals surface area contributed by atoms with Gasteiger partial charge in [-0.1, -0.05) is 37.3 Å². The summed E-state index contributed by atoms with van der Waals surface area (Å²) in [6, 6.07) is 10.1. The van der Waals surface area contributed by atoms with Gasteiger partial charge in [-0.2, -0.15) is 0 Å². The second-order valence-electron chi connectivity index (χ2n) is 7.17. The minimum Gasteiger partial charge on any atom is -0.446 e. The normalized spacial score (nSPS) is 22.2. The van der Waals surface area contributed by atoms with Crippen LogP contribution in [0.1, 0.15) is 53.0 Å². The molecule has 0 aliphatic carbocycles. The molecule has 0 unspecified atom stereocenters. The van der Waals surface area contributed by atoms with Crippen LogP contribution in [0.3, 0.4) is 0 Å². The molecular weight excluding hydrogens is 278 g/mol. The van der Waals surface area contributed by atoms with Crippen molar-refractivity contribution < 1.29 is 14.3 Å². The maximum Gasteiger partial charge on any atom is 0.412 e. The van der Waals surface area contributed by atoms with Gasteiger partial charge in [-0.05, 0) is 40.2 Å². The van der Waals surface area contributed by atoms with Crippen molar-refractivity contribution in [1.29, 1.82) is 0 Å². The molecule has 0 spiro atoms. The molecule has 4 heteroatoms. The molecule has 1 heterocycles. The van der Waals surface area contributed by atoms with Crippen LogP contribution in [0.25, 0.3) is 0 Å². The Morgan fingerprint density at radius 1 is 1.18 bits per heavy atom. The molecule has 0 N–H and O–H groups in total. The number of hydrogen-bond donors (Lipinski definition) is 0. The molecule has 1 amide bonds. The van der Waals surface area contributed by atoms with Crippen molar-refractivity contribution in [1.82, 2.24) is 4.90 Å². The molecule has 122 valence electrons. The van der Waals surface area contributed by atoms with E-state index in [9.17, 15) is 4.79 Å². The standard InChI is InChI=1S/C18H27NO3/c1-13(15-10-8-7-9-11-15)14(2)22-16(20)19-17(3,4)12-21-18(19,5)6/h7-11,13-14H,12H2,1-6H3/t13-,14-/m1/s1. The quantitative estimate of drug-likeness (QED) is 0.841. The highest BCUT2D eigenvalue weighted by atomic mass is 16.6. The van der Waals surface area contributed by atoms with Crippen LogP contribution >= 0.6 is 0 Å². The Morgan fingerprint density at radius 3 is 2.27 bits per heavy atom. The summed E-state index contributed by atoms with van der Waals surface area (Å²) in [5.41, 5.74) is 0.158. The van der Waals surface area contributed by atoms with E-state index in [0.29, 0.717) is 6.61 Å². The third-order valence-corrected chi connectivity index (χ3v) is 4.42. The van der Waals surface area contributed by atoms with Gasteiger partial charge in [-0.15, -0.1) is 0 Å². The van der Waals surface area contributed by atoms with Crippen LogP contribution in [-0.4, -0.2) is 35.0 Å². The second-order valence-corrected chi connectivity index (χ2v) is 7.17. The van der Waals surface area contributed by atoms with E-state index in [0.717, 1.165) is 0 Å². The SMILES string of the molecule is C[C@@H](OC(=O)N1C(C)(C)COC1(C)C)[C@@H](C)c1ccccc1. The topological polar surface area (TPSA) is 38.8 Å². The van der Waals surface area contributed by atoms with Gasteiger partial charge < -0.3 is 9.47 Å². The largest absolute Gasteiger partial charge is 0.446 e. The zero-order valence-corrected chi connectivity index (χ0v) is 14.4.